The molecule has 0 amide bonds. The summed E-state index contributed by atoms with van der Waals surface area (Å²) in [4.78, 5) is 11.7. The van der Waals surface area contributed by atoms with Crippen LogP contribution >= 0.6 is 6.49 Å². The molecule has 0 aromatic rings. The molecule has 6 unspecified atom stereocenters. The van der Waals surface area contributed by atoms with E-state index in [9.17, 15) is 25.2 Å². The summed E-state index contributed by atoms with van der Waals surface area (Å²) in [6.45, 7) is 3.45. The van der Waals surface area contributed by atoms with Crippen molar-refractivity contribution in [2.75, 3.05) is 19.9 Å². The molecule has 1 aliphatic rings. The highest BCUT2D eigenvalue weighted by Crippen LogP contribution is 2.47. The van der Waals surface area contributed by atoms with Gasteiger partial charge < -0.3 is 34.2 Å². The second-order valence-electron chi connectivity index (χ2n) is 6.42. The van der Waals surface area contributed by atoms with Gasteiger partial charge in [-0.2, -0.15) is 0 Å². The van der Waals surface area contributed by atoms with Crippen LogP contribution in [0.4, 0.5) is 0 Å². The van der Waals surface area contributed by atoms with Crippen LogP contribution in [0.1, 0.15) is 33.6 Å². The van der Waals surface area contributed by atoms with Gasteiger partial charge in [-0.3, -0.25) is 4.79 Å². The van der Waals surface area contributed by atoms with Crippen LogP contribution in [0.3, 0.4) is 0 Å². The van der Waals surface area contributed by atoms with Crippen molar-refractivity contribution in [3.8, 4) is 0 Å². The summed E-state index contributed by atoms with van der Waals surface area (Å²) in [5.74, 6) is -3.53. The van der Waals surface area contributed by atoms with Gasteiger partial charge in [0.05, 0.1) is 37.6 Å². The van der Waals surface area contributed by atoms with Gasteiger partial charge in [0.25, 0.3) is 0 Å². The standard InChI is InChI=1S/C15H29O8PS/c1-5-21-24(4,25)23-11(8-16)6-13-14(9(2)17)12(19)7-15(20,22-13)10(3)18/h9,11-14,16-17,19-20H,5-8H2,1-4H3/t9?,11-,12?,13?,14?,15?,24?/m0/s1. The van der Waals surface area contributed by atoms with Crippen molar-refractivity contribution in [1.82, 2.24) is 0 Å². The maximum absolute atomic E-state index is 11.7. The van der Waals surface area contributed by atoms with Crippen LogP contribution < -0.4 is 0 Å². The molecule has 8 nitrogen and oxygen atoms in total. The highest BCUT2D eigenvalue weighted by Gasteiger charge is 2.50. The van der Waals surface area contributed by atoms with Crippen molar-refractivity contribution < 1.29 is 39.0 Å². The number of carbonyl (C=O) groups excluding carboxylic acids is 1. The van der Waals surface area contributed by atoms with Crippen LogP contribution in [0, 0.1) is 5.92 Å². The molecule has 0 bridgehead atoms. The van der Waals surface area contributed by atoms with Crippen molar-refractivity contribution in [2.24, 2.45) is 5.92 Å². The summed E-state index contributed by atoms with van der Waals surface area (Å²) in [6.07, 6.45) is -4.10. The zero-order valence-electron chi connectivity index (χ0n) is 15.0. The first-order chi connectivity index (χ1) is 11.5. The third-order valence-corrected chi connectivity index (χ3v) is 6.20. The average molecular weight is 400 g/mol. The number of ketones is 1. The summed E-state index contributed by atoms with van der Waals surface area (Å²) < 4.78 is 16.6. The minimum Gasteiger partial charge on any atom is -0.394 e. The van der Waals surface area contributed by atoms with Gasteiger partial charge in [-0.05, 0) is 25.7 Å². The molecule has 0 radical (unpaired) electrons. The molecule has 1 fully saturated rings. The van der Waals surface area contributed by atoms with E-state index in [2.05, 4.69) is 0 Å². The minimum absolute atomic E-state index is 0.0258. The largest absolute Gasteiger partial charge is 0.394 e. The number of hydrogen-bond acceptors (Lipinski definition) is 9. The normalized spacial score (nSPS) is 35.0. The fourth-order valence-corrected chi connectivity index (χ4v) is 4.96. The Balaban J connectivity index is 2.98. The molecule has 7 atom stereocenters. The molecular weight excluding hydrogens is 371 g/mol. The molecule has 25 heavy (non-hydrogen) atoms. The van der Waals surface area contributed by atoms with E-state index in [-0.39, 0.29) is 19.4 Å². The second kappa shape index (κ2) is 9.30. The number of carbonyl (C=O) groups is 1. The van der Waals surface area contributed by atoms with Crippen LogP contribution in [0.25, 0.3) is 0 Å². The molecule has 1 heterocycles. The van der Waals surface area contributed by atoms with Crippen LogP contribution in [0.15, 0.2) is 0 Å². The SMILES string of the molecule is CCOP(C)(=S)O[C@H](CO)CC1OC(O)(C(C)=O)CC(O)C1C(C)O. The Morgan fingerprint density at radius 2 is 2.12 bits per heavy atom. The van der Waals surface area contributed by atoms with E-state index < -0.39 is 48.4 Å². The first-order valence-electron chi connectivity index (χ1n) is 8.24. The number of aliphatic hydroxyl groups is 4. The van der Waals surface area contributed by atoms with Gasteiger partial charge in [0.1, 0.15) is 0 Å². The van der Waals surface area contributed by atoms with Gasteiger partial charge in [0, 0.05) is 32.3 Å². The Hall–Kier alpha value is 0.0400. The van der Waals surface area contributed by atoms with E-state index in [0.717, 1.165) is 6.92 Å². The molecule has 0 aromatic heterocycles. The van der Waals surface area contributed by atoms with E-state index in [1.807, 2.05) is 0 Å². The van der Waals surface area contributed by atoms with Crippen molar-refractivity contribution in [3.05, 3.63) is 0 Å². The van der Waals surface area contributed by atoms with Gasteiger partial charge in [0.2, 0.25) is 5.79 Å². The molecule has 0 aliphatic carbocycles. The van der Waals surface area contributed by atoms with Crippen molar-refractivity contribution in [3.63, 3.8) is 0 Å². The smallest absolute Gasteiger partial charge is 0.228 e. The first kappa shape index (κ1) is 23.1. The topological polar surface area (TPSA) is 126 Å². The minimum atomic E-state index is -2.58. The van der Waals surface area contributed by atoms with Crippen LogP contribution in [0.2, 0.25) is 0 Å². The Kier molecular flexibility index (Phi) is 8.59. The Morgan fingerprint density at radius 1 is 1.52 bits per heavy atom. The zero-order valence-corrected chi connectivity index (χ0v) is 16.7. The maximum atomic E-state index is 11.7. The van der Waals surface area contributed by atoms with E-state index in [1.54, 1.807) is 13.6 Å². The van der Waals surface area contributed by atoms with Gasteiger partial charge in [-0.1, -0.05) is 0 Å². The third-order valence-electron chi connectivity index (χ3n) is 4.22. The van der Waals surface area contributed by atoms with E-state index in [0.29, 0.717) is 6.61 Å². The Morgan fingerprint density at radius 3 is 2.56 bits per heavy atom. The average Bonchev–Trinajstić information content (AvgIpc) is 2.44. The lowest BCUT2D eigenvalue weighted by molar-refractivity contribution is -0.284. The zero-order chi connectivity index (χ0) is 19.4. The van der Waals surface area contributed by atoms with Crippen LogP contribution in [0.5, 0.6) is 0 Å². The maximum Gasteiger partial charge on any atom is 0.228 e. The fraction of sp³-hybridized carbons (Fsp3) is 0.933. The second-order valence-corrected chi connectivity index (χ2v) is 10.4. The van der Waals surface area contributed by atoms with E-state index >= 15 is 0 Å². The molecule has 1 aliphatic heterocycles. The molecule has 4 N–H and O–H groups in total. The summed E-state index contributed by atoms with van der Waals surface area (Å²) in [7, 11) is 0. The number of Topliss-reactive ketones (excluding diaryl/α,β-unsaturated/α-hetero) is 1. The molecule has 0 aromatic carbocycles. The van der Waals surface area contributed by atoms with Gasteiger partial charge >= 0.3 is 0 Å². The number of aliphatic hydroxyl groups excluding tert-OH is 3. The fourth-order valence-electron chi connectivity index (χ4n) is 3.05. The van der Waals surface area contributed by atoms with Crippen molar-refractivity contribution in [2.45, 2.75) is 63.8 Å². The molecular formula is C15H29O8PS. The lowest BCUT2D eigenvalue weighted by Crippen LogP contribution is -2.58. The summed E-state index contributed by atoms with van der Waals surface area (Å²) in [5.41, 5.74) is 0. The van der Waals surface area contributed by atoms with Crippen molar-refractivity contribution in [1.29, 1.82) is 0 Å². The predicted octanol–water partition coefficient (Wildman–Crippen LogP) is 0.154. The quantitative estimate of drug-likeness (QED) is 0.400. The van der Waals surface area contributed by atoms with Crippen LogP contribution in [-0.2, 0) is 30.4 Å². The molecule has 0 spiro atoms. The number of hydrogen-bond donors (Lipinski definition) is 4. The molecule has 10 heteroatoms. The Bertz CT molecular complexity index is 502. The summed E-state index contributed by atoms with van der Waals surface area (Å²) >= 11 is 5.26. The first-order valence-corrected chi connectivity index (χ1v) is 11.3. The van der Waals surface area contributed by atoms with Gasteiger partial charge in [-0.25, -0.2) is 0 Å². The summed E-state index contributed by atoms with van der Waals surface area (Å²) in [5, 5.41) is 40.2. The summed E-state index contributed by atoms with van der Waals surface area (Å²) in [6, 6.07) is 0. The monoisotopic (exact) mass is 400 g/mol. The third kappa shape index (κ3) is 6.30. The van der Waals surface area contributed by atoms with Crippen molar-refractivity contribution >= 4 is 24.1 Å². The Labute approximate surface area is 153 Å². The lowest BCUT2D eigenvalue weighted by atomic mass is 9.81. The lowest BCUT2D eigenvalue weighted by Gasteiger charge is -2.45. The molecule has 1 saturated heterocycles. The van der Waals surface area contributed by atoms with E-state index in [1.165, 1.54) is 6.92 Å². The number of ether oxygens (including phenoxy) is 1. The molecule has 1 rings (SSSR count). The molecule has 0 saturated carbocycles. The number of rotatable bonds is 9. The predicted molar refractivity (Wildman–Crippen MR) is 94.7 cm³/mol. The van der Waals surface area contributed by atoms with E-state index in [4.69, 9.17) is 25.6 Å². The molecule has 148 valence electrons. The highest BCUT2D eigenvalue weighted by atomic mass is 32.5. The van der Waals surface area contributed by atoms with Gasteiger partial charge in [0.15, 0.2) is 12.3 Å². The van der Waals surface area contributed by atoms with Gasteiger partial charge in [-0.15, -0.1) is 0 Å². The van der Waals surface area contributed by atoms with Crippen LogP contribution in [-0.4, -0.2) is 76.3 Å². The highest BCUT2D eigenvalue weighted by molar-refractivity contribution is 8.09.